The van der Waals surface area contributed by atoms with Crippen LogP contribution in [0.1, 0.15) is 51.9 Å². The molecule has 1 heterocycles. The molecule has 0 spiro atoms. The summed E-state index contributed by atoms with van der Waals surface area (Å²) in [4.78, 5) is 13.8. The number of anilines is 1. The first-order chi connectivity index (χ1) is 12.3. The molecule has 5 heteroatoms. The largest absolute Gasteiger partial charge is 0.494 e. The van der Waals surface area contributed by atoms with Crippen molar-refractivity contribution in [3.05, 3.63) is 24.3 Å². The summed E-state index contributed by atoms with van der Waals surface area (Å²) in [6.45, 7) is 3.90. The first-order valence-corrected chi connectivity index (χ1v) is 9.59. The summed E-state index contributed by atoms with van der Waals surface area (Å²) in [6, 6.07) is 7.63. The molecule has 1 amide bonds. The molecule has 0 bridgehead atoms. The summed E-state index contributed by atoms with van der Waals surface area (Å²) in [6.07, 6.45) is 8.07. The van der Waals surface area contributed by atoms with Crippen molar-refractivity contribution in [2.75, 3.05) is 24.7 Å². The van der Waals surface area contributed by atoms with Crippen LogP contribution in [0.2, 0.25) is 0 Å². The van der Waals surface area contributed by atoms with Crippen molar-refractivity contribution in [3.8, 4) is 5.75 Å². The maximum Gasteiger partial charge on any atom is 0.414 e. The maximum absolute atomic E-state index is 12.1. The Kier molecular flexibility index (Phi) is 6.56. The first-order valence-electron chi connectivity index (χ1n) is 9.59. The number of unbranched alkanes of at least 4 members (excludes halogenated alkanes) is 1. The third kappa shape index (κ3) is 5.11. The molecule has 0 aromatic heterocycles. The highest BCUT2D eigenvalue weighted by molar-refractivity contribution is 5.89. The average Bonchev–Trinajstić information content (AvgIpc) is 3.02. The predicted octanol–water partition coefficient (Wildman–Crippen LogP) is 4.54. The van der Waals surface area contributed by atoms with Crippen molar-refractivity contribution >= 4 is 11.8 Å². The molecule has 1 saturated heterocycles. The Morgan fingerprint density at radius 3 is 2.64 bits per heavy atom. The summed E-state index contributed by atoms with van der Waals surface area (Å²) < 4.78 is 17.1. The lowest BCUT2D eigenvalue weighted by Gasteiger charge is -2.23. The SMILES string of the molecule is CCCCOc1ccc(N2CC(COC3CCCCC3)OC2=O)cc1. The molecule has 2 fully saturated rings. The number of carbonyl (C=O) groups excluding carboxylic acids is 1. The number of hydrogen-bond donors (Lipinski definition) is 0. The molecule has 3 rings (SSSR count). The van der Waals surface area contributed by atoms with Crippen molar-refractivity contribution in [3.63, 3.8) is 0 Å². The topological polar surface area (TPSA) is 48.0 Å². The summed E-state index contributed by atoms with van der Waals surface area (Å²) in [7, 11) is 0. The smallest absolute Gasteiger partial charge is 0.414 e. The lowest BCUT2D eigenvalue weighted by Crippen LogP contribution is -2.28. The molecule has 1 atom stereocenters. The van der Waals surface area contributed by atoms with Gasteiger partial charge in [0, 0.05) is 5.69 Å². The van der Waals surface area contributed by atoms with E-state index in [4.69, 9.17) is 14.2 Å². The van der Waals surface area contributed by atoms with Crippen LogP contribution in [0.4, 0.5) is 10.5 Å². The number of carbonyl (C=O) groups is 1. The molecule has 25 heavy (non-hydrogen) atoms. The summed E-state index contributed by atoms with van der Waals surface area (Å²) in [5.41, 5.74) is 0.841. The minimum absolute atomic E-state index is 0.185. The highest BCUT2D eigenvalue weighted by Gasteiger charge is 2.33. The van der Waals surface area contributed by atoms with E-state index in [9.17, 15) is 4.79 Å². The number of cyclic esters (lactones) is 1. The number of nitrogens with zero attached hydrogens (tertiary/aromatic N) is 1. The third-order valence-corrected chi connectivity index (χ3v) is 4.86. The maximum atomic E-state index is 12.1. The van der Waals surface area contributed by atoms with Crippen molar-refractivity contribution in [1.29, 1.82) is 0 Å². The van der Waals surface area contributed by atoms with Gasteiger partial charge in [-0.2, -0.15) is 0 Å². The Morgan fingerprint density at radius 2 is 1.92 bits per heavy atom. The molecule has 0 radical (unpaired) electrons. The fourth-order valence-electron chi connectivity index (χ4n) is 3.35. The van der Waals surface area contributed by atoms with Crippen LogP contribution in [0.15, 0.2) is 24.3 Å². The number of amides is 1. The highest BCUT2D eigenvalue weighted by Crippen LogP contribution is 2.26. The summed E-state index contributed by atoms with van der Waals surface area (Å²) in [5.74, 6) is 0.835. The van der Waals surface area contributed by atoms with Crippen molar-refractivity contribution in [2.24, 2.45) is 0 Å². The van der Waals surface area contributed by atoms with Crippen molar-refractivity contribution < 1.29 is 19.0 Å². The Balaban J connectivity index is 1.48. The number of rotatable bonds is 8. The van der Waals surface area contributed by atoms with E-state index in [2.05, 4.69) is 6.92 Å². The van der Waals surface area contributed by atoms with Gasteiger partial charge in [-0.3, -0.25) is 4.90 Å². The lowest BCUT2D eigenvalue weighted by molar-refractivity contribution is -0.0153. The second-order valence-corrected chi connectivity index (χ2v) is 6.91. The van der Waals surface area contributed by atoms with E-state index >= 15 is 0 Å². The van der Waals surface area contributed by atoms with Gasteiger partial charge in [-0.25, -0.2) is 4.79 Å². The van der Waals surface area contributed by atoms with Crippen LogP contribution < -0.4 is 9.64 Å². The number of ether oxygens (including phenoxy) is 3. The first kappa shape index (κ1) is 18.1. The average molecular weight is 347 g/mol. The molecule has 1 aromatic carbocycles. The molecule has 2 aliphatic rings. The molecule has 1 aliphatic heterocycles. The van der Waals surface area contributed by atoms with Gasteiger partial charge in [0.1, 0.15) is 11.9 Å². The molecule has 5 nitrogen and oxygen atoms in total. The molecule has 138 valence electrons. The van der Waals surface area contributed by atoms with Gasteiger partial charge in [0.2, 0.25) is 0 Å². The molecular formula is C20H29NO4. The van der Waals surface area contributed by atoms with Gasteiger partial charge >= 0.3 is 6.09 Å². The quantitative estimate of drug-likeness (QED) is 0.648. The van der Waals surface area contributed by atoms with Gasteiger partial charge in [0.15, 0.2) is 0 Å². The Hall–Kier alpha value is -1.75. The molecule has 1 unspecified atom stereocenters. The zero-order chi connectivity index (χ0) is 17.5. The standard InChI is InChI=1S/C20H29NO4/c1-2-3-13-23-18-11-9-16(10-12-18)21-14-19(25-20(21)22)15-24-17-7-5-4-6-8-17/h9-12,17,19H,2-8,13-15H2,1H3. The Morgan fingerprint density at radius 1 is 1.16 bits per heavy atom. The van der Waals surface area contributed by atoms with E-state index in [1.54, 1.807) is 4.90 Å². The van der Waals surface area contributed by atoms with E-state index in [0.717, 1.165) is 43.7 Å². The normalized spacial score (nSPS) is 21.4. The minimum atomic E-state index is -0.295. The van der Waals surface area contributed by atoms with Gasteiger partial charge < -0.3 is 14.2 Å². The van der Waals surface area contributed by atoms with Gasteiger partial charge in [0.05, 0.1) is 25.9 Å². The molecule has 0 N–H and O–H groups in total. The molecular weight excluding hydrogens is 318 g/mol. The van der Waals surface area contributed by atoms with Gasteiger partial charge in [-0.1, -0.05) is 32.6 Å². The van der Waals surface area contributed by atoms with E-state index in [0.29, 0.717) is 19.3 Å². The lowest BCUT2D eigenvalue weighted by atomic mass is 9.98. The van der Waals surface area contributed by atoms with Gasteiger partial charge in [-0.05, 0) is 43.5 Å². The Labute approximate surface area is 150 Å². The van der Waals surface area contributed by atoms with Crippen molar-refractivity contribution in [1.82, 2.24) is 0 Å². The van der Waals surface area contributed by atoms with Crippen LogP contribution in [-0.4, -0.2) is 38.1 Å². The molecule has 1 aliphatic carbocycles. The second-order valence-electron chi connectivity index (χ2n) is 6.91. The summed E-state index contributed by atoms with van der Waals surface area (Å²) in [5, 5.41) is 0. The van der Waals surface area contributed by atoms with E-state index < -0.39 is 0 Å². The summed E-state index contributed by atoms with van der Waals surface area (Å²) >= 11 is 0. The fraction of sp³-hybridized carbons (Fsp3) is 0.650. The molecule has 1 saturated carbocycles. The van der Waals surface area contributed by atoms with Crippen LogP contribution in [0.25, 0.3) is 0 Å². The van der Waals surface area contributed by atoms with Crippen LogP contribution in [0.3, 0.4) is 0 Å². The molecule has 1 aromatic rings. The van der Waals surface area contributed by atoms with Gasteiger partial charge in [-0.15, -0.1) is 0 Å². The van der Waals surface area contributed by atoms with Crippen molar-refractivity contribution in [2.45, 2.75) is 64.1 Å². The van der Waals surface area contributed by atoms with Gasteiger partial charge in [0.25, 0.3) is 0 Å². The highest BCUT2D eigenvalue weighted by atomic mass is 16.6. The number of benzene rings is 1. The zero-order valence-electron chi connectivity index (χ0n) is 15.1. The van der Waals surface area contributed by atoms with E-state index in [1.807, 2.05) is 24.3 Å². The third-order valence-electron chi connectivity index (χ3n) is 4.86. The van der Waals surface area contributed by atoms with Crippen LogP contribution >= 0.6 is 0 Å². The predicted molar refractivity (Wildman–Crippen MR) is 97.3 cm³/mol. The Bertz CT molecular complexity index is 539. The monoisotopic (exact) mass is 347 g/mol. The van der Waals surface area contributed by atoms with E-state index in [-0.39, 0.29) is 12.2 Å². The van der Waals surface area contributed by atoms with E-state index in [1.165, 1.54) is 19.3 Å². The fourth-order valence-corrected chi connectivity index (χ4v) is 3.35. The van der Waals surface area contributed by atoms with Crippen LogP contribution in [-0.2, 0) is 9.47 Å². The minimum Gasteiger partial charge on any atom is -0.494 e. The number of hydrogen-bond acceptors (Lipinski definition) is 4. The van der Waals surface area contributed by atoms with Crippen LogP contribution in [0.5, 0.6) is 5.75 Å². The second kappa shape index (κ2) is 9.09. The van der Waals surface area contributed by atoms with Crippen LogP contribution in [0, 0.1) is 0 Å². The zero-order valence-corrected chi connectivity index (χ0v) is 15.1.